The van der Waals surface area contributed by atoms with Crippen molar-refractivity contribution in [2.75, 3.05) is 32.7 Å². The zero-order valence-electron chi connectivity index (χ0n) is 20.7. The third-order valence-corrected chi connectivity index (χ3v) is 8.61. The Kier molecular flexibility index (Phi) is 7.26. The maximum absolute atomic E-state index is 13.3. The van der Waals surface area contributed by atoms with Crippen molar-refractivity contribution in [1.82, 2.24) is 13.8 Å². The number of Topliss-reactive ketones (excluding diaryl/α,β-unsaturated/α-hetero) is 1. The highest BCUT2D eigenvalue weighted by molar-refractivity contribution is 7.89. The molecule has 1 aliphatic heterocycles. The molecule has 2 aromatic carbocycles. The Bertz CT molecular complexity index is 1300. The molecule has 0 unspecified atom stereocenters. The number of ketones is 1. The zero-order valence-corrected chi connectivity index (χ0v) is 21.5. The summed E-state index contributed by atoms with van der Waals surface area (Å²) >= 11 is 0. The minimum Gasteiger partial charge on any atom is -0.318 e. The Morgan fingerprint density at radius 1 is 0.943 bits per heavy atom. The van der Waals surface area contributed by atoms with Crippen molar-refractivity contribution in [2.45, 2.75) is 38.5 Å². The van der Waals surface area contributed by atoms with E-state index in [2.05, 4.69) is 13.8 Å². The van der Waals surface area contributed by atoms with E-state index in [1.54, 1.807) is 24.3 Å². The summed E-state index contributed by atoms with van der Waals surface area (Å²) in [4.78, 5) is 15.4. The van der Waals surface area contributed by atoms with Gasteiger partial charge in [-0.15, -0.1) is 0 Å². The molecule has 0 spiro atoms. The van der Waals surface area contributed by atoms with Crippen LogP contribution >= 0.6 is 0 Å². The van der Waals surface area contributed by atoms with Crippen LogP contribution in [0, 0.1) is 19.7 Å². The first-order chi connectivity index (χ1) is 16.6. The first kappa shape index (κ1) is 25.3. The first-order valence-corrected chi connectivity index (χ1v) is 13.3. The van der Waals surface area contributed by atoms with Crippen LogP contribution in [0.1, 0.15) is 47.1 Å². The number of nitrogens with zero attached hydrogens (tertiary/aromatic N) is 3. The second-order valence-electron chi connectivity index (χ2n) is 9.42. The van der Waals surface area contributed by atoms with Crippen LogP contribution in [0.2, 0.25) is 0 Å². The summed E-state index contributed by atoms with van der Waals surface area (Å²) < 4.78 is 42.9. The molecule has 186 valence electrons. The molecule has 1 saturated heterocycles. The average Bonchev–Trinajstić information content (AvgIpc) is 3.14. The van der Waals surface area contributed by atoms with Crippen molar-refractivity contribution in [2.24, 2.45) is 0 Å². The third kappa shape index (κ3) is 5.24. The second-order valence-corrected chi connectivity index (χ2v) is 11.4. The molecule has 0 N–H and O–H groups in total. The Morgan fingerprint density at radius 3 is 2.11 bits per heavy atom. The average molecular weight is 498 g/mol. The summed E-state index contributed by atoms with van der Waals surface area (Å²) in [5.41, 5.74) is 4.25. The Labute approximate surface area is 207 Å². The van der Waals surface area contributed by atoms with Gasteiger partial charge in [-0.05, 0) is 67.8 Å². The van der Waals surface area contributed by atoms with Crippen LogP contribution in [0.25, 0.3) is 5.69 Å². The highest BCUT2D eigenvalue weighted by atomic mass is 32.2. The molecule has 0 atom stereocenters. The fraction of sp³-hybridized carbons (Fsp3) is 0.370. The molecule has 4 rings (SSSR count). The number of carbonyl (C=O) groups excluding carboxylic acids is 1. The molecule has 1 fully saturated rings. The SMILES string of the molecule is Cc1cc(C(=O)CN2CCN(S(=O)(=O)c3ccc(C(C)C)cc3)CC2)c(C)n1-c1ccc(F)cc1. The number of halogens is 1. The van der Waals surface area contributed by atoms with E-state index in [1.807, 2.05) is 41.5 Å². The lowest BCUT2D eigenvalue weighted by Crippen LogP contribution is -2.49. The summed E-state index contributed by atoms with van der Waals surface area (Å²) in [5, 5.41) is 0. The molecule has 3 aromatic rings. The predicted molar refractivity (Wildman–Crippen MR) is 135 cm³/mol. The predicted octanol–water partition coefficient (Wildman–Crippen LogP) is 4.55. The molecule has 1 aromatic heterocycles. The fourth-order valence-corrected chi connectivity index (χ4v) is 6.04. The molecular formula is C27H32FN3O3S. The van der Waals surface area contributed by atoms with E-state index in [1.165, 1.54) is 16.4 Å². The van der Waals surface area contributed by atoms with Gasteiger partial charge in [-0.3, -0.25) is 9.69 Å². The van der Waals surface area contributed by atoms with Crippen molar-refractivity contribution >= 4 is 15.8 Å². The highest BCUT2D eigenvalue weighted by Gasteiger charge is 2.29. The van der Waals surface area contributed by atoms with Crippen LogP contribution in [-0.2, 0) is 10.0 Å². The van der Waals surface area contributed by atoms with Gasteiger partial charge >= 0.3 is 0 Å². The fourth-order valence-electron chi connectivity index (χ4n) is 4.62. The number of piperazine rings is 1. The molecule has 0 radical (unpaired) electrons. The van der Waals surface area contributed by atoms with Gasteiger partial charge in [0.2, 0.25) is 10.0 Å². The zero-order chi connectivity index (χ0) is 25.3. The monoisotopic (exact) mass is 497 g/mol. The summed E-state index contributed by atoms with van der Waals surface area (Å²) in [7, 11) is -3.56. The topological polar surface area (TPSA) is 62.6 Å². The number of aryl methyl sites for hydroxylation is 1. The number of aromatic nitrogens is 1. The molecule has 0 saturated carbocycles. The van der Waals surface area contributed by atoms with Crippen molar-refractivity contribution in [3.8, 4) is 5.69 Å². The number of benzene rings is 2. The Hall–Kier alpha value is -2.81. The van der Waals surface area contributed by atoms with Gasteiger partial charge in [0.25, 0.3) is 0 Å². The number of carbonyl (C=O) groups is 1. The molecular weight excluding hydrogens is 465 g/mol. The van der Waals surface area contributed by atoms with Gasteiger partial charge in [-0.1, -0.05) is 26.0 Å². The molecule has 0 amide bonds. The van der Waals surface area contributed by atoms with Gasteiger partial charge in [0.15, 0.2) is 5.78 Å². The van der Waals surface area contributed by atoms with E-state index in [9.17, 15) is 17.6 Å². The molecule has 6 nitrogen and oxygen atoms in total. The van der Waals surface area contributed by atoms with Crippen LogP contribution in [0.15, 0.2) is 59.5 Å². The first-order valence-electron chi connectivity index (χ1n) is 11.9. The van der Waals surface area contributed by atoms with Crippen molar-refractivity contribution in [1.29, 1.82) is 0 Å². The van der Waals surface area contributed by atoms with Crippen LogP contribution in [-0.4, -0.2) is 60.7 Å². The van der Waals surface area contributed by atoms with Crippen LogP contribution in [0.3, 0.4) is 0 Å². The Morgan fingerprint density at radius 2 is 1.54 bits per heavy atom. The van der Waals surface area contributed by atoms with Gasteiger partial charge < -0.3 is 4.57 Å². The van der Waals surface area contributed by atoms with Crippen molar-refractivity contribution in [3.63, 3.8) is 0 Å². The molecule has 2 heterocycles. The number of hydrogen-bond donors (Lipinski definition) is 0. The number of hydrogen-bond acceptors (Lipinski definition) is 4. The minimum atomic E-state index is -3.56. The van der Waals surface area contributed by atoms with Crippen molar-refractivity contribution in [3.05, 3.63) is 82.9 Å². The summed E-state index contributed by atoms with van der Waals surface area (Å²) in [6, 6.07) is 15.2. The van der Waals surface area contributed by atoms with E-state index in [0.29, 0.717) is 42.6 Å². The summed E-state index contributed by atoms with van der Waals surface area (Å²) in [6.07, 6.45) is 0. The molecule has 0 aliphatic carbocycles. The van der Waals surface area contributed by atoms with Crippen LogP contribution < -0.4 is 0 Å². The second kappa shape index (κ2) is 10.0. The van der Waals surface area contributed by atoms with Gasteiger partial charge in [-0.2, -0.15) is 4.31 Å². The van der Waals surface area contributed by atoms with Gasteiger partial charge in [-0.25, -0.2) is 12.8 Å². The molecule has 35 heavy (non-hydrogen) atoms. The van der Waals surface area contributed by atoms with E-state index < -0.39 is 10.0 Å². The highest BCUT2D eigenvalue weighted by Crippen LogP contribution is 2.23. The third-order valence-electron chi connectivity index (χ3n) is 6.70. The van der Waals surface area contributed by atoms with E-state index in [0.717, 1.165) is 22.6 Å². The minimum absolute atomic E-state index is 0.00737. The number of sulfonamides is 1. The van der Waals surface area contributed by atoms with Crippen LogP contribution in [0.4, 0.5) is 4.39 Å². The normalized spacial score (nSPS) is 15.6. The van der Waals surface area contributed by atoms with Crippen molar-refractivity contribution < 1.29 is 17.6 Å². The quantitative estimate of drug-likeness (QED) is 0.450. The maximum Gasteiger partial charge on any atom is 0.243 e. The molecule has 8 heteroatoms. The largest absolute Gasteiger partial charge is 0.318 e. The van der Waals surface area contributed by atoms with E-state index in [4.69, 9.17) is 0 Å². The van der Waals surface area contributed by atoms with E-state index in [-0.39, 0.29) is 18.1 Å². The van der Waals surface area contributed by atoms with E-state index >= 15 is 0 Å². The Balaban J connectivity index is 1.40. The standard InChI is InChI=1S/C27H32FN3O3S/c1-19(2)22-5-11-25(12-6-22)35(33,34)30-15-13-29(14-16-30)18-27(32)26-17-20(3)31(21(26)4)24-9-7-23(28)8-10-24/h5-12,17,19H,13-16,18H2,1-4H3. The maximum atomic E-state index is 13.3. The lowest BCUT2D eigenvalue weighted by atomic mass is 10.0. The van der Waals surface area contributed by atoms with Gasteiger partial charge in [0.1, 0.15) is 5.82 Å². The van der Waals surface area contributed by atoms with Gasteiger partial charge in [0.05, 0.1) is 11.4 Å². The lowest BCUT2D eigenvalue weighted by molar-refractivity contribution is 0.0901. The molecule has 1 aliphatic rings. The lowest BCUT2D eigenvalue weighted by Gasteiger charge is -2.33. The summed E-state index contributed by atoms with van der Waals surface area (Å²) in [5.74, 6) is 0.0288. The summed E-state index contributed by atoms with van der Waals surface area (Å²) in [6.45, 7) is 9.85. The smallest absolute Gasteiger partial charge is 0.243 e. The van der Waals surface area contributed by atoms with Gasteiger partial charge in [0, 0.05) is 48.8 Å². The number of rotatable bonds is 7. The molecule has 0 bridgehead atoms. The van der Waals surface area contributed by atoms with Crippen LogP contribution in [0.5, 0.6) is 0 Å².